The second-order valence-corrected chi connectivity index (χ2v) is 5.38. The van der Waals surface area contributed by atoms with Gasteiger partial charge in [0.05, 0.1) is 7.11 Å². The first-order valence-corrected chi connectivity index (χ1v) is 6.38. The van der Waals surface area contributed by atoms with Gasteiger partial charge in [0, 0.05) is 6.04 Å². The summed E-state index contributed by atoms with van der Waals surface area (Å²) in [4.78, 5) is 13.1. The number of methoxy groups -OCH3 is 1. The van der Waals surface area contributed by atoms with E-state index < -0.39 is 11.5 Å². The molecule has 1 unspecified atom stereocenters. The number of hydrogen-bond acceptors (Lipinski definition) is 3. The zero-order valence-corrected chi connectivity index (χ0v) is 12.3. The number of hydrogen-bond donors (Lipinski definition) is 1. The van der Waals surface area contributed by atoms with Gasteiger partial charge in [-0.15, -0.1) is 0 Å². The van der Waals surface area contributed by atoms with Crippen LogP contribution in [0.15, 0.2) is 24.3 Å². The monoisotopic (exact) mass is 265 g/mol. The molecular formula is C15H23NO3. The summed E-state index contributed by atoms with van der Waals surface area (Å²) in [7, 11) is 3.49. The molecule has 0 spiro atoms. The number of ether oxygens (including phenoxy) is 1. The Labute approximate surface area is 115 Å². The molecule has 0 saturated heterocycles. The Morgan fingerprint density at radius 3 is 2.32 bits per heavy atom. The fraction of sp³-hybridized carbons (Fsp3) is 0.533. The third kappa shape index (κ3) is 3.70. The van der Waals surface area contributed by atoms with Crippen LogP contribution in [0.25, 0.3) is 0 Å². The standard InChI is InChI=1S/C15H23NO3/c1-11(16(4)15(2,3)14(17)18)10-12-6-8-13(19-5)9-7-12/h6-9,11H,10H2,1-5H3,(H,17,18). The van der Waals surface area contributed by atoms with Gasteiger partial charge in [-0.1, -0.05) is 12.1 Å². The fourth-order valence-electron chi connectivity index (χ4n) is 1.94. The molecule has 0 amide bonds. The highest BCUT2D eigenvalue weighted by Gasteiger charge is 2.34. The van der Waals surface area contributed by atoms with E-state index in [9.17, 15) is 9.90 Å². The highest BCUT2D eigenvalue weighted by Crippen LogP contribution is 2.19. The summed E-state index contributed by atoms with van der Waals surface area (Å²) in [6, 6.07) is 8.00. The third-order valence-electron chi connectivity index (χ3n) is 3.76. The number of carboxylic acid groups (broad SMARTS) is 1. The van der Waals surface area contributed by atoms with Gasteiger partial charge >= 0.3 is 5.97 Å². The van der Waals surface area contributed by atoms with Gasteiger partial charge < -0.3 is 9.84 Å². The molecule has 0 bridgehead atoms. The minimum Gasteiger partial charge on any atom is -0.497 e. The average molecular weight is 265 g/mol. The Balaban J connectivity index is 2.73. The van der Waals surface area contributed by atoms with Crippen molar-refractivity contribution in [1.82, 2.24) is 4.90 Å². The molecule has 1 aromatic rings. The summed E-state index contributed by atoms with van der Waals surface area (Å²) in [6.07, 6.45) is 0.803. The summed E-state index contributed by atoms with van der Waals surface area (Å²) < 4.78 is 5.12. The molecule has 0 saturated carbocycles. The molecule has 0 fully saturated rings. The molecule has 4 heteroatoms. The van der Waals surface area contributed by atoms with Gasteiger partial charge in [-0.3, -0.25) is 9.69 Å². The van der Waals surface area contributed by atoms with Crippen LogP contribution in [-0.2, 0) is 11.2 Å². The molecule has 1 aromatic carbocycles. The maximum absolute atomic E-state index is 11.2. The average Bonchev–Trinajstić information content (AvgIpc) is 2.38. The minimum absolute atomic E-state index is 0.138. The quantitative estimate of drug-likeness (QED) is 0.858. The minimum atomic E-state index is -0.869. The van der Waals surface area contributed by atoms with E-state index in [1.54, 1.807) is 21.0 Å². The van der Waals surface area contributed by atoms with Crippen LogP contribution in [0.5, 0.6) is 5.75 Å². The molecule has 4 nitrogen and oxygen atoms in total. The molecule has 0 radical (unpaired) electrons. The van der Waals surface area contributed by atoms with Crippen molar-refractivity contribution in [3.05, 3.63) is 29.8 Å². The molecule has 0 aliphatic rings. The number of nitrogens with zero attached hydrogens (tertiary/aromatic N) is 1. The largest absolute Gasteiger partial charge is 0.497 e. The van der Waals surface area contributed by atoms with Crippen LogP contribution in [0.4, 0.5) is 0 Å². The van der Waals surface area contributed by atoms with Gasteiger partial charge in [0.25, 0.3) is 0 Å². The van der Waals surface area contributed by atoms with Crippen LogP contribution >= 0.6 is 0 Å². The molecule has 0 aliphatic heterocycles. The Morgan fingerprint density at radius 1 is 1.37 bits per heavy atom. The molecule has 1 N–H and O–H groups in total. The van der Waals surface area contributed by atoms with E-state index in [-0.39, 0.29) is 6.04 Å². The van der Waals surface area contributed by atoms with Crippen molar-refractivity contribution >= 4 is 5.97 Å². The SMILES string of the molecule is COc1ccc(CC(C)N(C)C(C)(C)C(=O)O)cc1. The number of carboxylic acids is 1. The van der Waals surface area contributed by atoms with E-state index in [0.717, 1.165) is 12.2 Å². The third-order valence-corrected chi connectivity index (χ3v) is 3.76. The first-order chi connectivity index (χ1) is 8.78. The number of carbonyl (C=O) groups is 1. The van der Waals surface area contributed by atoms with Crippen molar-refractivity contribution < 1.29 is 14.6 Å². The lowest BCUT2D eigenvalue weighted by Crippen LogP contribution is -2.52. The van der Waals surface area contributed by atoms with Gasteiger partial charge in [-0.05, 0) is 51.9 Å². The fourth-order valence-corrected chi connectivity index (χ4v) is 1.94. The van der Waals surface area contributed by atoms with Crippen molar-refractivity contribution in [2.24, 2.45) is 0 Å². The van der Waals surface area contributed by atoms with Crippen LogP contribution in [0, 0.1) is 0 Å². The van der Waals surface area contributed by atoms with Crippen molar-refractivity contribution in [3.8, 4) is 5.75 Å². The van der Waals surface area contributed by atoms with E-state index >= 15 is 0 Å². The lowest BCUT2D eigenvalue weighted by atomic mass is 9.98. The van der Waals surface area contributed by atoms with Crippen LogP contribution in [0.2, 0.25) is 0 Å². The van der Waals surface area contributed by atoms with Crippen molar-refractivity contribution in [2.75, 3.05) is 14.2 Å². The molecular weight excluding hydrogens is 242 g/mol. The normalized spacial score (nSPS) is 13.4. The van der Waals surface area contributed by atoms with Crippen LogP contribution < -0.4 is 4.74 Å². The Hall–Kier alpha value is -1.55. The maximum Gasteiger partial charge on any atom is 0.323 e. The van der Waals surface area contributed by atoms with Crippen molar-refractivity contribution in [3.63, 3.8) is 0 Å². The Morgan fingerprint density at radius 2 is 1.89 bits per heavy atom. The smallest absolute Gasteiger partial charge is 0.323 e. The topological polar surface area (TPSA) is 49.8 Å². The zero-order chi connectivity index (χ0) is 14.6. The van der Waals surface area contributed by atoms with Crippen LogP contribution in [0.3, 0.4) is 0 Å². The highest BCUT2D eigenvalue weighted by molar-refractivity contribution is 5.77. The summed E-state index contributed by atoms with van der Waals surface area (Å²) in [5.74, 6) is 0.0206. The molecule has 0 heterocycles. The molecule has 19 heavy (non-hydrogen) atoms. The summed E-state index contributed by atoms with van der Waals surface area (Å²) >= 11 is 0. The molecule has 1 atom stereocenters. The van der Waals surface area contributed by atoms with Gasteiger partial charge in [0.15, 0.2) is 0 Å². The van der Waals surface area contributed by atoms with E-state index in [4.69, 9.17) is 4.74 Å². The van der Waals surface area contributed by atoms with Crippen molar-refractivity contribution in [1.29, 1.82) is 0 Å². The Bertz CT molecular complexity index is 426. The molecule has 1 rings (SSSR count). The molecule has 0 aromatic heterocycles. The lowest BCUT2D eigenvalue weighted by Gasteiger charge is -2.36. The van der Waals surface area contributed by atoms with E-state index in [2.05, 4.69) is 0 Å². The first-order valence-electron chi connectivity index (χ1n) is 6.38. The number of aliphatic carboxylic acids is 1. The summed E-state index contributed by atoms with van der Waals surface area (Å²) in [5.41, 5.74) is 0.299. The summed E-state index contributed by atoms with van der Waals surface area (Å²) in [6.45, 7) is 5.48. The van der Waals surface area contributed by atoms with Gasteiger partial charge in [0.1, 0.15) is 11.3 Å². The zero-order valence-electron chi connectivity index (χ0n) is 12.3. The van der Waals surface area contributed by atoms with Crippen molar-refractivity contribution in [2.45, 2.75) is 38.8 Å². The number of likely N-dealkylation sites (N-methyl/N-ethyl adjacent to an activating group) is 1. The summed E-state index contributed by atoms with van der Waals surface area (Å²) in [5, 5.41) is 9.24. The van der Waals surface area contributed by atoms with Gasteiger partial charge in [-0.2, -0.15) is 0 Å². The van der Waals surface area contributed by atoms with E-state index in [0.29, 0.717) is 0 Å². The van der Waals surface area contributed by atoms with Gasteiger partial charge in [-0.25, -0.2) is 0 Å². The Kier molecular flexibility index (Phi) is 4.95. The molecule has 0 aliphatic carbocycles. The molecule has 106 valence electrons. The first kappa shape index (κ1) is 15.5. The van der Waals surface area contributed by atoms with Crippen LogP contribution in [0.1, 0.15) is 26.3 Å². The predicted molar refractivity (Wildman–Crippen MR) is 75.6 cm³/mol. The second kappa shape index (κ2) is 6.06. The number of benzene rings is 1. The predicted octanol–water partition coefficient (Wildman–Crippen LogP) is 2.42. The second-order valence-electron chi connectivity index (χ2n) is 5.38. The maximum atomic E-state index is 11.2. The van der Waals surface area contributed by atoms with Crippen LogP contribution in [-0.4, -0.2) is 41.7 Å². The van der Waals surface area contributed by atoms with E-state index in [1.165, 1.54) is 5.56 Å². The highest BCUT2D eigenvalue weighted by atomic mass is 16.5. The van der Waals surface area contributed by atoms with E-state index in [1.807, 2.05) is 43.1 Å². The number of rotatable bonds is 6. The lowest BCUT2D eigenvalue weighted by molar-refractivity contribution is -0.149. The van der Waals surface area contributed by atoms with Gasteiger partial charge in [0.2, 0.25) is 0 Å².